The molecule has 0 radical (unpaired) electrons. The second-order valence-electron chi connectivity index (χ2n) is 7.27. The van der Waals surface area contributed by atoms with Crippen molar-refractivity contribution in [2.75, 3.05) is 32.2 Å². The van der Waals surface area contributed by atoms with E-state index >= 15 is 0 Å². The standard InChI is InChI=1S/C22H23BrN2O4S2/c1-28-17-6-7-21(20(13-17)29-2)31(26,27)18-8-10-25(11-9-18)22-24-19(14-30-22)15-4-3-5-16(23)12-15/h3-7,12-14,18H,8-11H2,1-2H3. The van der Waals surface area contributed by atoms with Crippen LogP contribution in [0.5, 0.6) is 11.5 Å². The molecular formula is C22H23BrN2O4S2. The molecule has 0 unspecified atom stereocenters. The van der Waals surface area contributed by atoms with E-state index in [2.05, 4.69) is 20.8 Å². The highest BCUT2D eigenvalue weighted by atomic mass is 79.9. The molecule has 0 N–H and O–H groups in total. The van der Waals surface area contributed by atoms with Crippen LogP contribution in [0, 0.1) is 0 Å². The molecule has 0 spiro atoms. The normalized spacial score (nSPS) is 15.1. The fourth-order valence-electron chi connectivity index (χ4n) is 3.74. The topological polar surface area (TPSA) is 68.7 Å². The molecule has 2 aromatic carbocycles. The average molecular weight is 523 g/mol. The van der Waals surface area contributed by atoms with Crippen molar-refractivity contribution in [1.29, 1.82) is 0 Å². The third kappa shape index (κ3) is 4.58. The van der Waals surface area contributed by atoms with Crippen LogP contribution in [0.25, 0.3) is 11.3 Å². The second kappa shape index (κ2) is 9.18. The molecule has 164 valence electrons. The first kappa shape index (κ1) is 22.1. The summed E-state index contributed by atoms with van der Waals surface area (Å²) >= 11 is 5.09. The Kier molecular flexibility index (Phi) is 6.55. The second-order valence-corrected chi connectivity index (χ2v) is 11.2. The van der Waals surface area contributed by atoms with Crippen LogP contribution >= 0.6 is 27.3 Å². The number of piperidine rings is 1. The summed E-state index contributed by atoms with van der Waals surface area (Å²) < 4.78 is 38.1. The molecule has 1 aromatic heterocycles. The van der Waals surface area contributed by atoms with Crippen molar-refractivity contribution in [2.45, 2.75) is 23.0 Å². The largest absolute Gasteiger partial charge is 0.497 e. The third-order valence-electron chi connectivity index (χ3n) is 5.44. The molecule has 1 saturated heterocycles. The Morgan fingerprint density at radius 2 is 1.87 bits per heavy atom. The SMILES string of the molecule is COc1ccc(S(=O)(=O)C2CCN(c3nc(-c4cccc(Br)c4)cs3)CC2)c(OC)c1. The minimum Gasteiger partial charge on any atom is -0.497 e. The summed E-state index contributed by atoms with van der Waals surface area (Å²) in [5.41, 5.74) is 1.99. The maximum absolute atomic E-state index is 13.3. The molecule has 1 aliphatic rings. The quantitative estimate of drug-likeness (QED) is 0.452. The minimum atomic E-state index is -3.51. The number of benzene rings is 2. The van der Waals surface area contributed by atoms with Gasteiger partial charge in [0.15, 0.2) is 15.0 Å². The first-order chi connectivity index (χ1) is 14.9. The molecule has 9 heteroatoms. The fraction of sp³-hybridized carbons (Fsp3) is 0.318. The summed E-state index contributed by atoms with van der Waals surface area (Å²) in [6.45, 7) is 1.29. The highest BCUT2D eigenvalue weighted by Crippen LogP contribution is 2.35. The van der Waals surface area contributed by atoms with E-state index in [1.165, 1.54) is 7.11 Å². The molecule has 1 aliphatic heterocycles. The molecule has 31 heavy (non-hydrogen) atoms. The van der Waals surface area contributed by atoms with Crippen LogP contribution in [0.3, 0.4) is 0 Å². The molecule has 2 heterocycles. The lowest BCUT2D eigenvalue weighted by atomic mass is 10.1. The number of halogens is 1. The van der Waals surface area contributed by atoms with E-state index < -0.39 is 15.1 Å². The molecule has 0 atom stereocenters. The van der Waals surface area contributed by atoms with Gasteiger partial charge in [0.05, 0.1) is 25.2 Å². The molecule has 0 amide bonds. The maximum atomic E-state index is 13.3. The Labute approximate surface area is 194 Å². The van der Waals surface area contributed by atoms with Crippen LogP contribution in [-0.4, -0.2) is 46.0 Å². The summed E-state index contributed by atoms with van der Waals surface area (Å²) in [5.74, 6) is 0.885. The van der Waals surface area contributed by atoms with Crippen LogP contribution in [0.1, 0.15) is 12.8 Å². The van der Waals surface area contributed by atoms with Crippen LogP contribution < -0.4 is 14.4 Å². The predicted octanol–water partition coefficient (Wildman–Crippen LogP) is 5.03. The van der Waals surface area contributed by atoms with Gasteiger partial charge in [0.25, 0.3) is 0 Å². The molecule has 6 nitrogen and oxygen atoms in total. The Morgan fingerprint density at radius 1 is 1.10 bits per heavy atom. The third-order valence-corrected chi connectivity index (χ3v) is 9.14. The zero-order chi connectivity index (χ0) is 22.0. The lowest BCUT2D eigenvalue weighted by Crippen LogP contribution is -2.39. The zero-order valence-electron chi connectivity index (χ0n) is 17.2. The van der Waals surface area contributed by atoms with Crippen molar-refractivity contribution in [3.63, 3.8) is 0 Å². The van der Waals surface area contributed by atoms with Gasteiger partial charge in [-0.2, -0.15) is 0 Å². The van der Waals surface area contributed by atoms with E-state index in [0.717, 1.165) is 20.9 Å². The van der Waals surface area contributed by atoms with E-state index in [9.17, 15) is 8.42 Å². The summed E-state index contributed by atoms with van der Waals surface area (Å²) in [5, 5.41) is 2.52. The van der Waals surface area contributed by atoms with E-state index in [1.54, 1.807) is 36.6 Å². The van der Waals surface area contributed by atoms with Gasteiger partial charge in [0.2, 0.25) is 0 Å². The number of aromatic nitrogens is 1. The van der Waals surface area contributed by atoms with Crippen LogP contribution in [0.4, 0.5) is 5.13 Å². The van der Waals surface area contributed by atoms with E-state index in [0.29, 0.717) is 37.4 Å². The van der Waals surface area contributed by atoms with Crippen LogP contribution in [0.15, 0.2) is 57.2 Å². The van der Waals surface area contributed by atoms with Gasteiger partial charge in [-0.05, 0) is 37.1 Å². The van der Waals surface area contributed by atoms with Crippen molar-refractivity contribution in [3.8, 4) is 22.8 Å². The zero-order valence-corrected chi connectivity index (χ0v) is 20.5. The van der Waals surface area contributed by atoms with Gasteiger partial charge in [0.1, 0.15) is 16.4 Å². The number of rotatable bonds is 6. The molecular weight excluding hydrogens is 500 g/mol. The maximum Gasteiger partial charge on any atom is 0.185 e. The number of ether oxygens (including phenoxy) is 2. The summed E-state index contributed by atoms with van der Waals surface area (Å²) in [4.78, 5) is 7.17. The van der Waals surface area contributed by atoms with Crippen molar-refractivity contribution >= 4 is 42.2 Å². The van der Waals surface area contributed by atoms with Crippen molar-refractivity contribution in [1.82, 2.24) is 4.98 Å². The summed E-state index contributed by atoms with van der Waals surface area (Å²) in [6.07, 6.45) is 1.09. The lowest BCUT2D eigenvalue weighted by Gasteiger charge is -2.31. The molecule has 0 saturated carbocycles. The van der Waals surface area contributed by atoms with Gasteiger partial charge >= 0.3 is 0 Å². The van der Waals surface area contributed by atoms with Gasteiger partial charge in [-0.25, -0.2) is 13.4 Å². The van der Waals surface area contributed by atoms with E-state index in [-0.39, 0.29) is 4.90 Å². The number of sulfone groups is 1. The highest BCUT2D eigenvalue weighted by Gasteiger charge is 2.34. The van der Waals surface area contributed by atoms with Crippen molar-refractivity contribution in [2.24, 2.45) is 0 Å². The molecule has 0 bridgehead atoms. The molecule has 3 aromatic rings. The molecule has 1 fully saturated rings. The van der Waals surface area contributed by atoms with Crippen molar-refractivity contribution in [3.05, 3.63) is 52.3 Å². The number of nitrogens with zero attached hydrogens (tertiary/aromatic N) is 2. The van der Waals surface area contributed by atoms with Gasteiger partial charge < -0.3 is 14.4 Å². The number of thiazole rings is 1. The minimum absolute atomic E-state index is 0.223. The molecule has 0 aliphatic carbocycles. The van der Waals surface area contributed by atoms with Gasteiger partial charge in [-0.1, -0.05) is 28.1 Å². The fourth-order valence-corrected chi connectivity index (χ4v) is 6.90. The van der Waals surface area contributed by atoms with E-state index in [1.807, 2.05) is 29.6 Å². The first-order valence-electron chi connectivity index (χ1n) is 9.84. The lowest BCUT2D eigenvalue weighted by molar-refractivity contribution is 0.385. The molecule has 4 rings (SSSR count). The van der Waals surface area contributed by atoms with Crippen LogP contribution in [0.2, 0.25) is 0 Å². The van der Waals surface area contributed by atoms with Gasteiger partial charge in [0, 0.05) is 34.6 Å². The smallest absolute Gasteiger partial charge is 0.185 e. The van der Waals surface area contributed by atoms with Crippen LogP contribution in [-0.2, 0) is 9.84 Å². The Hall–Kier alpha value is -2.10. The number of hydrogen-bond acceptors (Lipinski definition) is 7. The predicted molar refractivity (Wildman–Crippen MR) is 127 cm³/mol. The Morgan fingerprint density at radius 3 is 2.55 bits per heavy atom. The van der Waals surface area contributed by atoms with Crippen molar-refractivity contribution < 1.29 is 17.9 Å². The first-order valence-corrected chi connectivity index (χ1v) is 13.1. The highest BCUT2D eigenvalue weighted by molar-refractivity contribution is 9.10. The Balaban J connectivity index is 1.48. The van der Waals surface area contributed by atoms with E-state index in [4.69, 9.17) is 14.5 Å². The monoisotopic (exact) mass is 522 g/mol. The summed E-state index contributed by atoms with van der Waals surface area (Å²) in [6, 6.07) is 12.9. The Bertz CT molecular complexity index is 1170. The number of hydrogen-bond donors (Lipinski definition) is 0. The van der Waals surface area contributed by atoms with Gasteiger partial charge in [-0.15, -0.1) is 11.3 Å². The average Bonchev–Trinajstić information content (AvgIpc) is 3.29. The summed E-state index contributed by atoms with van der Waals surface area (Å²) in [7, 11) is -0.492. The van der Waals surface area contributed by atoms with Gasteiger partial charge in [-0.3, -0.25) is 0 Å². The number of anilines is 1. The number of methoxy groups -OCH3 is 2.